The van der Waals surface area contributed by atoms with Crippen molar-refractivity contribution < 1.29 is 35.9 Å². The van der Waals surface area contributed by atoms with Crippen molar-refractivity contribution in [3.63, 3.8) is 0 Å². The van der Waals surface area contributed by atoms with Crippen molar-refractivity contribution in [3.05, 3.63) is 59.2 Å². The molecule has 2 aromatic rings. The quantitative estimate of drug-likeness (QED) is 0.640. The van der Waals surface area contributed by atoms with E-state index in [2.05, 4.69) is 14.8 Å². The highest BCUT2D eigenvalue weighted by Crippen LogP contribution is 2.29. The van der Waals surface area contributed by atoms with Crippen LogP contribution in [0, 0.1) is 13.8 Å². The Morgan fingerprint density at radius 2 is 1.63 bits per heavy atom. The Balaban J connectivity index is 1.82. The topological polar surface area (TPSA) is 102 Å². The van der Waals surface area contributed by atoms with Gasteiger partial charge in [0, 0.05) is 5.69 Å². The summed E-state index contributed by atoms with van der Waals surface area (Å²) in [7, 11) is -3.94. The van der Waals surface area contributed by atoms with Gasteiger partial charge in [0.05, 0.1) is 10.5 Å². The first kappa shape index (κ1) is 23.4. The summed E-state index contributed by atoms with van der Waals surface area (Å²) in [5.74, 6) is -1.79. The number of aryl methyl sites for hydroxylation is 2. The van der Waals surface area contributed by atoms with Gasteiger partial charge in [0.2, 0.25) is 10.0 Å². The van der Waals surface area contributed by atoms with Crippen LogP contribution in [0.25, 0.3) is 0 Å². The molecule has 0 aliphatic heterocycles. The fraction of sp³-hybridized carbons (Fsp3) is 0.263. The Kier molecular flexibility index (Phi) is 7.21. The maximum absolute atomic E-state index is 12.5. The fourth-order valence-corrected chi connectivity index (χ4v) is 3.31. The third-order valence-electron chi connectivity index (χ3n) is 4.06. The first-order chi connectivity index (χ1) is 13.9. The molecule has 11 heteroatoms. The Bertz CT molecular complexity index is 1040. The molecule has 0 unspecified atom stereocenters. The summed E-state index contributed by atoms with van der Waals surface area (Å²) in [6.07, 6.45) is -4.50. The Labute approximate surface area is 171 Å². The molecule has 0 radical (unpaired) electrons. The summed E-state index contributed by atoms with van der Waals surface area (Å²) in [5.41, 5.74) is 0.885. The molecule has 0 aromatic heterocycles. The van der Waals surface area contributed by atoms with Crippen molar-refractivity contribution in [2.45, 2.75) is 24.9 Å². The number of rotatable bonds is 7. The van der Waals surface area contributed by atoms with Crippen LogP contribution in [0.15, 0.2) is 47.4 Å². The van der Waals surface area contributed by atoms with Crippen LogP contribution < -0.4 is 10.0 Å². The average Bonchev–Trinajstić information content (AvgIpc) is 2.66. The second-order valence-electron chi connectivity index (χ2n) is 6.35. The molecule has 0 aliphatic rings. The molecule has 0 aliphatic carbocycles. The number of nitrogens with one attached hydrogen (secondary N) is 2. The molecule has 7 nitrogen and oxygen atoms in total. The SMILES string of the molecule is Cc1ccc(S(=O)(=O)NCC(=O)OCC(=O)Nc2ccc(C(F)(F)F)cc2)cc1C. The van der Waals surface area contributed by atoms with Gasteiger partial charge in [-0.25, -0.2) is 8.42 Å². The lowest BCUT2D eigenvalue weighted by atomic mass is 10.1. The van der Waals surface area contributed by atoms with E-state index in [0.717, 1.165) is 35.4 Å². The molecule has 30 heavy (non-hydrogen) atoms. The van der Waals surface area contributed by atoms with Crippen molar-refractivity contribution >= 4 is 27.6 Å². The van der Waals surface area contributed by atoms with Crippen LogP contribution >= 0.6 is 0 Å². The third-order valence-corrected chi connectivity index (χ3v) is 5.45. The summed E-state index contributed by atoms with van der Waals surface area (Å²) in [5, 5.41) is 2.26. The van der Waals surface area contributed by atoms with Gasteiger partial charge in [-0.3, -0.25) is 9.59 Å². The second-order valence-corrected chi connectivity index (χ2v) is 8.12. The zero-order chi connectivity index (χ0) is 22.5. The van der Waals surface area contributed by atoms with Crippen LogP contribution in [-0.2, 0) is 30.5 Å². The number of hydrogen-bond acceptors (Lipinski definition) is 5. The number of anilines is 1. The zero-order valence-electron chi connectivity index (χ0n) is 16.0. The van der Waals surface area contributed by atoms with E-state index >= 15 is 0 Å². The summed E-state index contributed by atoms with van der Waals surface area (Å²) in [6.45, 7) is 2.15. The van der Waals surface area contributed by atoms with E-state index < -0.39 is 46.8 Å². The zero-order valence-corrected chi connectivity index (χ0v) is 16.9. The van der Waals surface area contributed by atoms with E-state index in [4.69, 9.17) is 0 Å². The minimum absolute atomic E-state index is 0.0153. The number of benzene rings is 2. The summed E-state index contributed by atoms with van der Waals surface area (Å²) >= 11 is 0. The van der Waals surface area contributed by atoms with E-state index in [0.29, 0.717) is 0 Å². The predicted octanol–water partition coefficient (Wildman–Crippen LogP) is 2.78. The molecule has 0 heterocycles. The lowest BCUT2D eigenvalue weighted by Gasteiger charge is -2.10. The Hall–Kier alpha value is -2.92. The molecule has 2 rings (SSSR count). The van der Waals surface area contributed by atoms with E-state index in [1.165, 1.54) is 12.1 Å². The molecule has 0 saturated heterocycles. The molecule has 2 aromatic carbocycles. The van der Waals surface area contributed by atoms with E-state index in [1.54, 1.807) is 13.0 Å². The van der Waals surface area contributed by atoms with Gasteiger partial charge in [-0.2, -0.15) is 17.9 Å². The Morgan fingerprint density at radius 3 is 2.20 bits per heavy atom. The van der Waals surface area contributed by atoms with Gasteiger partial charge < -0.3 is 10.1 Å². The molecular weight excluding hydrogens is 425 g/mol. The number of carbonyl (C=O) groups is 2. The van der Waals surface area contributed by atoms with Crippen LogP contribution in [0.3, 0.4) is 0 Å². The molecule has 2 N–H and O–H groups in total. The maximum atomic E-state index is 12.5. The highest BCUT2D eigenvalue weighted by atomic mass is 32.2. The smallest absolute Gasteiger partial charge is 0.416 e. The number of amides is 1. The predicted molar refractivity (Wildman–Crippen MR) is 102 cm³/mol. The van der Waals surface area contributed by atoms with E-state index in [1.807, 2.05) is 6.92 Å². The maximum Gasteiger partial charge on any atom is 0.416 e. The van der Waals surface area contributed by atoms with Crippen molar-refractivity contribution in [2.24, 2.45) is 0 Å². The minimum Gasteiger partial charge on any atom is -0.455 e. The number of alkyl halides is 3. The molecule has 0 bridgehead atoms. The Morgan fingerprint density at radius 1 is 1.00 bits per heavy atom. The lowest BCUT2D eigenvalue weighted by Crippen LogP contribution is -2.32. The van der Waals surface area contributed by atoms with E-state index in [-0.39, 0.29) is 10.6 Å². The molecule has 0 saturated carbocycles. The average molecular weight is 444 g/mol. The van der Waals surface area contributed by atoms with Gasteiger partial charge in [0.25, 0.3) is 5.91 Å². The van der Waals surface area contributed by atoms with Crippen LogP contribution in [0.2, 0.25) is 0 Å². The molecular formula is C19H19F3N2O5S. The summed E-state index contributed by atoms with van der Waals surface area (Å²) in [6, 6.07) is 8.19. The molecule has 162 valence electrons. The summed E-state index contributed by atoms with van der Waals surface area (Å²) in [4.78, 5) is 23.4. The highest BCUT2D eigenvalue weighted by molar-refractivity contribution is 7.89. The van der Waals surface area contributed by atoms with Crippen molar-refractivity contribution in [2.75, 3.05) is 18.5 Å². The number of sulfonamides is 1. The van der Waals surface area contributed by atoms with Gasteiger partial charge in [-0.1, -0.05) is 6.07 Å². The van der Waals surface area contributed by atoms with Gasteiger partial charge in [-0.15, -0.1) is 0 Å². The van der Waals surface area contributed by atoms with Gasteiger partial charge in [0.1, 0.15) is 6.54 Å². The number of esters is 1. The van der Waals surface area contributed by atoms with Gasteiger partial charge in [-0.05, 0) is 61.4 Å². The number of ether oxygens (including phenoxy) is 1. The first-order valence-corrected chi connectivity index (χ1v) is 10.1. The van der Waals surface area contributed by atoms with Gasteiger partial charge >= 0.3 is 12.1 Å². The molecule has 0 atom stereocenters. The normalized spacial score (nSPS) is 11.8. The van der Waals surface area contributed by atoms with Crippen LogP contribution in [0.5, 0.6) is 0 Å². The number of carbonyl (C=O) groups excluding carboxylic acids is 2. The fourth-order valence-electron chi connectivity index (χ4n) is 2.26. The second kappa shape index (κ2) is 9.26. The summed E-state index contributed by atoms with van der Waals surface area (Å²) < 4.78 is 68.6. The molecule has 0 spiro atoms. The van der Waals surface area contributed by atoms with Crippen molar-refractivity contribution in [1.82, 2.24) is 4.72 Å². The van der Waals surface area contributed by atoms with Gasteiger partial charge in [0.15, 0.2) is 6.61 Å². The largest absolute Gasteiger partial charge is 0.455 e. The van der Waals surface area contributed by atoms with Crippen LogP contribution in [-0.4, -0.2) is 33.4 Å². The van der Waals surface area contributed by atoms with Crippen LogP contribution in [0.1, 0.15) is 16.7 Å². The first-order valence-electron chi connectivity index (χ1n) is 8.58. The molecule has 0 fully saturated rings. The van der Waals surface area contributed by atoms with Crippen molar-refractivity contribution in [1.29, 1.82) is 0 Å². The third kappa shape index (κ3) is 6.56. The van der Waals surface area contributed by atoms with Crippen LogP contribution in [0.4, 0.5) is 18.9 Å². The standard InChI is InChI=1S/C19H19F3N2O5S/c1-12-3-8-16(9-13(12)2)30(27,28)23-10-18(26)29-11-17(25)24-15-6-4-14(5-7-15)19(20,21)22/h3-9,23H,10-11H2,1-2H3,(H,24,25). The monoisotopic (exact) mass is 444 g/mol. The molecule has 1 amide bonds. The minimum atomic E-state index is -4.50. The number of hydrogen-bond donors (Lipinski definition) is 2. The number of halogens is 3. The highest BCUT2D eigenvalue weighted by Gasteiger charge is 2.30. The van der Waals surface area contributed by atoms with Crippen molar-refractivity contribution in [3.8, 4) is 0 Å². The van der Waals surface area contributed by atoms with E-state index in [9.17, 15) is 31.2 Å². The lowest BCUT2D eigenvalue weighted by molar-refractivity contribution is -0.146.